The molecule has 2 fully saturated rings. The number of hydrogen-bond acceptors (Lipinski definition) is 6. The van der Waals surface area contributed by atoms with Gasteiger partial charge >= 0.3 is 0 Å². The van der Waals surface area contributed by atoms with Crippen molar-refractivity contribution in [3.8, 4) is 0 Å². The molecule has 2 aliphatic rings. The maximum absolute atomic E-state index is 11.9. The minimum atomic E-state index is -3.26. The van der Waals surface area contributed by atoms with E-state index in [0.29, 0.717) is 39.5 Å². The summed E-state index contributed by atoms with van der Waals surface area (Å²) in [5.41, 5.74) is 0.541. The third-order valence-corrected chi connectivity index (χ3v) is 5.53. The van der Waals surface area contributed by atoms with Crippen molar-refractivity contribution in [2.45, 2.75) is 12.1 Å². The number of hydrogen-bond donors (Lipinski definition) is 0. The second kappa shape index (κ2) is 6.48. The van der Waals surface area contributed by atoms with E-state index >= 15 is 0 Å². The SMILES string of the molecule is Cn1cc(CN2CCO[C@]3(COCCN(S(C)(=O)=O)C3)C2)cn1. The average Bonchev–Trinajstić information content (AvgIpc) is 2.75. The Morgan fingerprint density at radius 3 is 2.83 bits per heavy atom. The molecule has 9 heteroatoms. The van der Waals surface area contributed by atoms with Crippen molar-refractivity contribution < 1.29 is 17.9 Å². The Hall–Kier alpha value is -1.00. The Kier molecular flexibility index (Phi) is 4.75. The lowest BCUT2D eigenvalue weighted by atomic mass is 10.0. The Morgan fingerprint density at radius 1 is 1.30 bits per heavy atom. The Labute approximate surface area is 137 Å². The van der Waals surface area contributed by atoms with E-state index in [1.807, 2.05) is 19.4 Å². The average molecular weight is 344 g/mol. The summed E-state index contributed by atoms with van der Waals surface area (Å²) in [7, 11) is -1.36. The van der Waals surface area contributed by atoms with Crippen molar-refractivity contribution in [2.75, 3.05) is 52.3 Å². The number of aromatic nitrogens is 2. The fourth-order valence-electron chi connectivity index (χ4n) is 3.21. The summed E-state index contributed by atoms with van der Waals surface area (Å²) in [4.78, 5) is 2.27. The van der Waals surface area contributed by atoms with Crippen LogP contribution >= 0.6 is 0 Å². The van der Waals surface area contributed by atoms with Crippen LogP contribution in [0.3, 0.4) is 0 Å². The van der Waals surface area contributed by atoms with Gasteiger partial charge in [-0.3, -0.25) is 9.58 Å². The van der Waals surface area contributed by atoms with Crippen LogP contribution in [0.1, 0.15) is 5.56 Å². The molecule has 1 spiro atoms. The molecule has 3 rings (SSSR count). The molecule has 0 unspecified atom stereocenters. The molecule has 1 atom stereocenters. The Morgan fingerprint density at radius 2 is 2.13 bits per heavy atom. The van der Waals surface area contributed by atoms with Crippen LogP contribution in [0.5, 0.6) is 0 Å². The van der Waals surface area contributed by atoms with E-state index in [-0.39, 0.29) is 0 Å². The molecule has 0 aliphatic carbocycles. The molecule has 3 heterocycles. The van der Waals surface area contributed by atoms with Crippen molar-refractivity contribution in [3.63, 3.8) is 0 Å². The van der Waals surface area contributed by atoms with Gasteiger partial charge in [-0.25, -0.2) is 8.42 Å². The summed E-state index contributed by atoms with van der Waals surface area (Å²) in [6, 6.07) is 0. The molecule has 23 heavy (non-hydrogen) atoms. The van der Waals surface area contributed by atoms with Gasteiger partial charge in [0.15, 0.2) is 0 Å². The highest BCUT2D eigenvalue weighted by atomic mass is 32.2. The first-order valence-corrected chi connectivity index (χ1v) is 9.58. The van der Waals surface area contributed by atoms with Gasteiger partial charge in [-0.15, -0.1) is 0 Å². The molecule has 1 aromatic rings. The number of sulfonamides is 1. The van der Waals surface area contributed by atoms with Gasteiger partial charge < -0.3 is 9.47 Å². The first-order chi connectivity index (χ1) is 10.9. The van der Waals surface area contributed by atoms with Crippen LogP contribution in [0.2, 0.25) is 0 Å². The lowest BCUT2D eigenvalue weighted by molar-refractivity contribution is -0.139. The highest BCUT2D eigenvalue weighted by Gasteiger charge is 2.42. The third-order valence-electron chi connectivity index (χ3n) is 4.28. The molecule has 0 aromatic carbocycles. The van der Waals surface area contributed by atoms with E-state index in [1.54, 1.807) is 4.68 Å². The number of ether oxygens (including phenoxy) is 2. The quantitative estimate of drug-likeness (QED) is 0.720. The summed E-state index contributed by atoms with van der Waals surface area (Å²) in [5, 5.41) is 4.19. The number of morpholine rings is 1. The normalized spacial score (nSPS) is 28.1. The van der Waals surface area contributed by atoms with Crippen LogP contribution in [0.25, 0.3) is 0 Å². The van der Waals surface area contributed by atoms with Gasteiger partial charge in [0.1, 0.15) is 5.60 Å². The van der Waals surface area contributed by atoms with Crippen LogP contribution < -0.4 is 0 Å². The van der Waals surface area contributed by atoms with Crippen molar-refractivity contribution in [1.29, 1.82) is 0 Å². The Bertz CT molecular complexity index is 647. The van der Waals surface area contributed by atoms with Crippen molar-refractivity contribution in [1.82, 2.24) is 19.0 Å². The van der Waals surface area contributed by atoms with Gasteiger partial charge in [0.25, 0.3) is 0 Å². The zero-order chi connectivity index (χ0) is 16.5. The molecule has 2 saturated heterocycles. The monoisotopic (exact) mass is 344 g/mol. The van der Waals surface area contributed by atoms with Crippen LogP contribution in [0, 0.1) is 0 Å². The minimum Gasteiger partial charge on any atom is -0.377 e. The van der Waals surface area contributed by atoms with Gasteiger partial charge in [0.2, 0.25) is 10.0 Å². The predicted octanol–water partition coefficient (Wildman–Crippen LogP) is -0.717. The van der Waals surface area contributed by atoms with Crippen LogP contribution in [0.4, 0.5) is 0 Å². The smallest absolute Gasteiger partial charge is 0.211 e. The van der Waals surface area contributed by atoms with Crippen LogP contribution in [-0.4, -0.2) is 85.3 Å². The van der Waals surface area contributed by atoms with Crippen LogP contribution in [0.15, 0.2) is 12.4 Å². The van der Waals surface area contributed by atoms with E-state index < -0.39 is 15.6 Å². The van der Waals surface area contributed by atoms with Gasteiger partial charge in [-0.05, 0) is 0 Å². The fourth-order valence-corrected chi connectivity index (χ4v) is 4.08. The van der Waals surface area contributed by atoms with Gasteiger partial charge in [-0.2, -0.15) is 9.40 Å². The van der Waals surface area contributed by atoms with E-state index in [0.717, 1.165) is 18.7 Å². The van der Waals surface area contributed by atoms with E-state index in [4.69, 9.17) is 9.47 Å². The highest BCUT2D eigenvalue weighted by Crippen LogP contribution is 2.24. The predicted molar refractivity (Wildman–Crippen MR) is 84.4 cm³/mol. The lowest BCUT2D eigenvalue weighted by Crippen LogP contribution is -2.58. The summed E-state index contributed by atoms with van der Waals surface area (Å²) in [5.74, 6) is 0. The molecule has 0 bridgehead atoms. The van der Waals surface area contributed by atoms with Gasteiger partial charge in [0.05, 0.1) is 32.3 Å². The number of nitrogens with zero attached hydrogens (tertiary/aromatic N) is 4. The standard InChI is InChI=1S/C14H24N4O4S/c1-16-8-13(7-15-16)9-17-3-6-22-14(10-17)11-18(23(2,19)20)4-5-21-12-14/h7-8H,3-6,9-12H2,1-2H3/t14-/m1/s1. The molecule has 0 amide bonds. The molecule has 0 radical (unpaired) electrons. The maximum Gasteiger partial charge on any atom is 0.211 e. The third kappa shape index (κ3) is 4.10. The lowest BCUT2D eigenvalue weighted by Gasteiger charge is -2.42. The molecular weight excluding hydrogens is 320 g/mol. The summed E-state index contributed by atoms with van der Waals surface area (Å²) in [6.07, 6.45) is 5.09. The van der Waals surface area contributed by atoms with Crippen molar-refractivity contribution in [3.05, 3.63) is 18.0 Å². The molecule has 2 aliphatic heterocycles. The second-order valence-corrected chi connectivity index (χ2v) is 8.40. The van der Waals surface area contributed by atoms with E-state index in [9.17, 15) is 8.42 Å². The fraction of sp³-hybridized carbons (Fsp3) is 0.786. The first-order valence-electron chi connectivity index (χ1n) is 7.73. The van der Waals surface area contributed by atoms with Crippen molar-refractivity contribution in [2.24, 2.45) is 7.05 Å². The van der Waals surface area contributed by atoms with Crippen LogP contribution in [-0.2, 0) is 33.1 Å². The van der Waals surface area contributed by atoms with Gasteiger partial charge in [-0.1, -0.05) is 0 Å². The van der Waals surface area contributed by atoms with E-state index in [1.165, 1.54) is 10.6 Å². The van der Waals surface area contributed by atoms with Crippen molar-refractivity contribution >= 4 is 10.0 Å². The van der Waals surface area contributed by atoms with Gasteiger partial charge in [0, 0.05) is 51.5 Å². The zero-order valence-corrected chi connectivity index (χ0v) is 14.5. The summed E-state index contributed by atoms with van der Waals surface area (Å²) in [6.45, 7) is 4.35. The zero-order valence-electron chi connectivity index (χ0n) is 13.6. The molecule has 1 aromatic heterocycles. The number of rotatable bonds is 3. The molecular formula is C14H24N4O4S. The molecule has 0 saturated carbocycles. The highest BCUT2D eigenvalue weighted by molar-refractivity contribution is 7.88. The minimum absolute atomic E-state index is 0.343. The summed E-state index contributed by atoms with van der Waals surface area (Å²) < 4.78 is 38.7. The maximum atomic E-state index is 11.9. The Balaban J connectivity index is 1.72. The molecule has 130 valence electrons. The first kappa shape index (κ1) is 16.8. The molecule has 0 N–H and O–H groups in total. The second-order valence-electron chi connectivity index (χ2n) is 6.41. The molecule has 8 nitrogen and oxygen atoms in total. The summed E-state index contributed by atoms with van der Waals surface area (Å²) >= 11 is 0. The van der Waals surface area contributed by atoms with E-state index in [2.05, 4.69) is 10.00 Å². The topological polar surface area (TPSA) is 76.9 Å². The number of aryl methyl sites for hydroxylation is 1. The largest absolute Gasteiger partial charge is 0.377 e.